The molecule has 1 atom stereocenters. The van der Waals surface area contributed by atoms with Gasteiger partial charge in [-0.15, -0.1) is 12.4 Å². The van der Waals surface area contributed by atoms with Crippen LogP contribution in [0.2, 0.25) is 0 Å². The topological polar surface area (TPSA) is 12.0 Å². The van der Waals surface area contributed by atoms with Crippen LogP contribution in [0.3, 0.4) is 0 Å². The highest BCUT2D eigenvalue weighted by atomic mass is 35.5. The van der Waals surface area contributed by atoms with E-state index in [-0.39, 0.29) is 12.4 Å². The molecule has 0 fully saturated rings. The summed E-state index contributed by atoms with van der Waals surface area (Å²) in [5.74, 6) is 0.543. The predicted molar refractivity (Wildman–Crippen MR) is 71.6 cm³/mol. The first kappa shape index (κ1) is 11.6. The maximum absolute atomic E-state index is 3.48. The van der Waals surface area contributed by atoms with Crippen LogP contribution >= 0.6 is 23.7 Å². The molecule has 16 heavy (non-hydrogen) atoms. The zero-order valence-electron chi connectivity index (χ0n) is 8.85. The molecule has 0 amide bonds. The van der Waals surface area contributed by atoms with Gasteiger partial charge < -0.3 is 5.32 Å². The van der Waals surface area contributed by atoms with E-state index >= 15 is 0 Å². The van der Waals surface area contributed by atoms with Crippen LogP contribution < -0.4 is 5.32 Å². The van der Waals surface area contributed by atoms with Gasteiger partial charge in [0.05, 0.1) is 0 Å². The highest BCUT2D eigenvalue weighted by molar-refractivity contribution is 7.08. The molecule has 0 spiro atoms. The van der Waals surface area contributed by atoms with Crippen molar-refractivity contribution >= 4 is 23.7 Å². The van der Waals surface area contributed by atoms with E-state index in [9.17, 15) is 0 Å². The normalized spacial score (nSPS) is 18.6. The summed E-state index contributed by atoms with van der Waals surface area (Å²) in [6, 6.07) is 11.0. The smallest absolute Gasteiger partial charge is 0.0226 e. The summed E-state index contributed by atoms with van der Waals surface area (Å²) >= 11 is 1.78. The Morgan fingerprint density at radius 2 is 2.06 bits per heavy atom. The largest absolute Gasteiger partial charge is 0.312 e. The number of thiophene rings is 1. The fraction of sp³-hybridized carbons (Fsp3) is 0.231. The zero-order valence-corrected chi connectivity index (χ0v) is 10.5. The van der Waals surface area contributed by atoms with Crippen molar-refractivity contribution in [1.29, 1.82) is 0 Å². The number of hydrogen-bond donors (Lipinski definition) is 1. The lowest BCUT2D eigenvalue weighted by Crippen LogP contribution is -2.28. The quantitative estimate of drug-likeness (QED) is 0.819. The number of nitrogens with one attached hydrogen (secondary N) is 1. The van der Waals surface area contributed by atoms with Crippen molar-refractivity contribution in [2.45, 2.75) is 12.5 Å². The van der Waals surface area contributed by atoms with E-state index in [1.807, 2.05) is 0 Å². The molecule has 0 aliphatic carbocycles. The lowest BCUT2D eigenvalue weighted by Gasteiger charge is -2.25. The maximum atomic E-state index is 3.48. The Balaban J connectivity index is 0.000000963. The van der Waals surface area contributed by atoms with Gasteiger partial charge in [0.1, 0.15) is 0 Å². The molecule has 0 radical (unpaired) electrons. The van der Waals surface area contributed by atoms with Crippen molar-refractivity contribution in [3.8, 4) is 0 Å². The van der Waals surface area contributed by atoms with Crippen molar-refractivity contribution in [1.82, 2.24) is 5.32 Å². The third-order valence-electron chi connectivity index (χ3n) is 3.04. The molecule has 1 aliphatic heterocycles. The molecular formula is C13H14ClNS. The molecule has 0 bridgehead atoms. The minimum atomic E-state index is 0. The average molecular weight is 252 g/mol. The first-order chi connectivity index (χ1) is 7.45. The van der Waals surface area contributed by atoms with Gasteiger partial charge in [-0.25, -0.2) is 0 Å². The summed E-state index contributed by atoms with van der Waals surface area (Å²) in [5, 5.41) is 7.90. The van der Waals surface area contributed by atoms with Gasteiger partial charge in [0.2, 0.25) is 0 Å². The molecule has 1 N–H and O–H groups in total. The summed E-state index contributed by atoms with van der Waals surface area (Å²) in [6.45, 7) is 2.07. The third-order valence-corrected chi connectivity index (χ3v) is 3.74. The maximum Gasteiger partial charge on any atom is 0.0226 e. The first-order valence-electron chi connectivity index (χ1n) is 5.26. The fourth-order valence-electron chi connectivity index (χ4n) is 2.27. The van der Waals surface area contributed by atoms with Gasteiger partial charge in [0.15, 0.2) is 0 Å². The second-order valence-electron chi connectivity index (χ2n) is 3.94. The summed E-state index contributed by atoms with van der Waals surface area (Å²) in [7, 11) is 0. The molecule has 1 unspecified atom stereocenters. The van der Waals surface area contributed by atoms with Crippen LogP contribution in [0.15, 0.2) is 41.1 Å². The van der Waals surface area contributed by atoms with E-state index in [0.717, 1.165) is 13.1 Å². The summed E-state index contributed by atoms with van der Waals surface area (Å²) in [6.07, 6.45) is 0. The van der Waals surface area contributed by atoms with Gasteiger partial charge in [-0.3, -0.25) is 0 Å². The number of hydrogen-bond acceptors (Lipinski definition) is 2. The highest BCUT2D eigenvalue weighted by Gasteiger charge is 2.20. The molecule has 2 heterocycles. The molecular weight excluding hydrogens is 238 g/mol. The van der Waals surface area contributed by atoms with Gasteiger partial charge in [0, 0.05) is 19.0 Å². The Hall–Kier alpha value is -0.830. The SMILES string of the molecule is Cl.c1ccc2c(c1)CNCC2c1ccsc1. The molecule has 0 saturated carbocycles. The average Bonchev–Trinajstić information content (AvgIpc) is 2.82. The van der Waals surface area contributed by atoms with Gasteiger partial charge in [0.25, 0.3) is 0 Å². The fourth-order valence-corrected chi connectivity index (χ4v) is 2.98. The second kappa shape index (κ2) is 5.00. The van der Waals surface area contributed by atoms with Crippen LogP contribution in [0, 0.1) is 0 Å². The van der Waals surface area contributed by atoms with Crippen molar-refractivity contribution in [3.05, 3.63) is 57.8 Å². The summed E-state index contributed by atoms with van der Waals surface area (Å²) in [4.78, 5) is 0. The standard InChI is InChI=1S/C13H13NS.ClH/c1-2-4-12-10(3-1)7-14-8-13(12)11-5-6-15-9-11;/h1-6,9,13-14H,7-8H2;1H. The van der Waals surface area contributed by atoms with E-state index in [0.29, 0.717) is 5.92 Å². The molecule has 1 aromatic heterocycles. The van der Waals surface area contributed by atoms with Crippen LogP contribution in [0.1, 0.15) is 22.6 Å². The lowest BCUT2D eigenvalue weighted by atomic mass is 9.87. The number of benzene rings is 1. The van der Waals surface area contributed by atoms with E-state index < -0.39 is 0 Å². The third kappa shape index (κ3) is 2.01. The molecule has 84 valence electrons. The van der Waals surface area contributed by atoms with Crippen LogP contribution in [-0.2, 0) is 6.54 Å². The predicted octanol–water partition coefficient (Wildman–Crippen LogP) is 3.41. The minimum absolute atomic E-state index is 0. The van der Waals surface area contributed by atoms with Crippen molar-refractivity contribution in [3.63, 3.8) is 0 Å². The molecule has 3 rings (SSSR count). The van der Waals surface area contributed by atoms with Crippen LogP contribution in [0.25, 0.3) is 0 Å². The zero-order chi connectivity index (χ0) is 10.1. The van der Waals surface area contributed by atoms with E-state index in [2.05, 4.69) is 46.4 Å². The van der Waals surface area contributed by atoms with Crippen LogP contribution in [-0.4, -0.2) is 6.54 Å². The summed E-state index contributed by atoms with van der Waals surface area (Å²) in [5.41, 5.74) is 4.38. The van der Waals surface area contributed by atoms with E-state index in [1.165, 1.54) is 16.7 Å². The van der Waals surface area contributed by atoms with E-state index in [4.69, 9.17) is 0 Å². The van der Waals surface area contributed by atoms with Crippen LogP contribution in [0.5, 0.6) is 0 Å². The van der Waals surface area contributed by atoms with Gasteiger partial charge in [-0.2, -0.15) is 11.3 Å². The molecule has 1 aliphatic rings. The lowest BCUT2D eigenvalue weighted by molar-refractivity contribution is 0.592. The molecule has 0 saturated heterocycles. The highest BCUT2D eigenvalue weighted by Crippen LogP contribution is 2.30. The Bertz CT molecular complexity index is 453. The Morgan fingerprint density at radius 3 is 2.88 bits per heavy atom. The van der Waals surface area contributed by atoms with Crippen LogP contribution in [0.4, 0.5) is 0 Å². The van der Waals surface area contributed by atoms with Gasteiger partial charge in [-0.05, 0) is 33.5 Å². The number of fused-ring (bicyclic) bond motifs is 1. The van der Waals surface area contributed by atoms with Crippen molar-refractivity contribution in [2.24, 2.45) is 0 Å². The Morgan fingerprint density at radius 1 is 1.19 bits per heavy atom. The molecule has 1 nitrogen and oxygen atoms in total. The second-order valence-corrected chi connectivity index (χ2v) is 4.72. The first-order valence-corrected chi connectivity index (χ1v) is 6.20. The minimum Gasteiger partial charge on any atom is -0.312 e. The molecule has 2 aromatic rings. The number of rotatable bonds is 1. The van der Waals surface area contributed by atoms with Gasteiger partial charge in [-0.1, -0.05) is 24.3 Å². The van der Waals surface area contributed by atoms with Crippen molar-refractivity contribution < 1.29 is 0 Å². The summed E-state index contributed by atoms with van der Waals surface area (Å²) < 4.78 is 0. The van der Waals surface area contributed by atoms with Crippen molar-refractivity contribution in [2.75, 3.05) is 6.54 Å². The monoisotopic (exact) mass is 251 g/mol. The Kier molecular flexibility index (Phi) is 3.64. The van der Waals surface area contributed by atoms with E-state index in [1.54, 1.807) is 11.3 Å². The van der Waals surface area contributed by atoms with Gasteiger partial charge >= 0.3 is 0 Å². The number of halogens is 1. The molecule has 3 heteroatoms. The Labute approximate surface area is 106 Å². The molecule has 1 aromatic carbocycles.